The highest BCUT2D eigenvalue weighted by Crippen LogP contribution is 2.28. The third-order valence-corrected chi connectivity index (χ3v) is 2.98. The largest absolute Gasteiger partial charge is 0.468 e. The Morgan fingerprint density at radius 1 is 1.53 bits per heavy atom. The summed E-state index contributed by atoms with van der Waals surface area (Å²) in [5.74, 6) is -1.08. The van der Waals surface area contributed by atoms with E-state index in [1.165, 1.54) is 29.8 Å². The predicted octanol–water partition coefficient (Wildman–Crippen LogP) is 0.139. The molecule has 1 fully saturated rings. The van der Waals surface area contributed by atoms with Crippen LogP contribution in [0, 0.1) is 0 Å². The van der Waals surface area contributed by atoms with Crippen LogP contribution < -0.4 is 0 Å². The maximum atomic E-state index is 11.5. The molecule has 0 spiro atoms. The van der Waals surface area contributed by atoms with Gasteiger partial charge in [0.15, 0.2) is 0 Å². The lowest BCUT2D eigenvalue weighted by molar-refractivity contribution is -0.144. The van der Waals surface area contributed by atoms with Gasteiger partial charge in [-0.15, -0.1) is 0 Å². The van der Waals surface area contributed by atoms with Crippen LogP contribution >= 0.6 is 11.8 Å². The third kappa shape index (κ3) is 3.77. The maximum absolute atomic E-state index is 11.5. The van der Waals surface area contributed by atoms with E-state index >= 15 is 0 Å². The van der Waals surface area contributed by atoms with Crippen LogP contribution in [0.25, 0.3) is 0 Å². The average molecular weight is 259 g/mol. The summed E-state index contributed by atoms with van der Waals surface area (Å²) in [6.45, 7) is 1.77. The van der Waals surface area contributed by atoms with Crippen molar-refractivity contribution in [2.45, 2.75) is 6.92 Å². The molecule has 6 nitrogen and oxygen atoms in total. The van der Waals surface area contributed by atoms with Crippen molar-refractivity contribution >= 4 is 29.6 Å². The first-order valence-electron chi connectivity index (χ1n) is 4.97. The van der Waals surface area contributed by atoms with Gasteiger partial charge in [0.05, 0.1) is 30.6 Å². The lowest BCUT2D eigenvalue weighted by Crippen LogP contribution is -2.31. The second kappa shape index (κ2) is 6.29. The first kappa shape index (κ1) is 13.6. The minimum atomic E-state index is -0.532. The lowest BCUT2D eigenvalue weighted by atomic mass is 10.4. The van der Waals surface area contributed by atoms with Gasteiger partial charge in [0.1, 0.15) is 6.54 Å². The fraction of sp³-hybridized carbons (Fsp3) is 0.500. The molecule has 1 amide bonds. The van der Waals surface area contributed by atoms with Gasteiger partial charge in [-0.05, 0) is 6.92 Å². The summed E-state index contributed by atoms with van der Waals surface area (Å²) in [6, 6.07) is 0. The fourth-order valence-electron chi connectivity index (χ4n) is 1.18. The number of esters is 2. The quantitative estimate of drug-likeness (QED) is 0.528. The molecule has 0 aromatic rings. The van der Waals surface area contributed by atoms with Gasteiger partial charge in [-0.25, -0.2) is 4.79 Å². The van der Waals surface area contributed by atoms with Crippen molar-refractivity contribution in [2.24, 2.45) is 0 Å². The van der Waals surface area contributed by atoms with Crippen LogP contribution in [0.2, 0.25) is 0 Å². The molecule has 0 aliphatic carbocycles. The van der Waals surface area contributed by atoms with E-state index in [1.54, 1.807) is 6.92 Å². The first-order chi connectivity index (χ1) is 8.08. The topological polar surface area (TPSA) is 72.9 Å². The minimum Gasteiger partial charge on any atom is -0.468 e. The molecular weight excluding hydrogens is 246 g/mol. The number of rotatable bonds is 4. The number of carbonyl (C=O) groups is 3. The summed E-state index contributed by atoms with van der Waals surface area (Å²) in [6.07, 6.45) is 1.21. The predicted molar refractivity (Wildman–Crippen MR) is 60.9 cm³/mol. The van der Waals surface area contributed by atoms with Crippen molar-refractivity contribution in [2.75, 3.05) is 26.0 Å². The van der Waals surface area contributed by atoms with E-state index in [2.05, 4.69) is 4.74 Å². The Morgan fingerprint density at radius 3 is 2.82 bits per heavy atom. The molecule has 0 bridgehead atoms. The van der Waals surface area contributed by atoms with E-state index in [4.69, 9.17) is 4.74 Å². The smallest absolute Gasteiger partial charge is 0.333 e. The summed E-state index contributed by atoms with van der Waals surface area (Å²) in [4.78, 5) is 35.0. The first-order valence-corrected chi connectivity index (χ1v) is 5.95. The van der Waals surface area contributed by atoms with Crippen LogP contribution in [0.4, 0.5) is 0 Å². The van der Waals surface area contributed by atoms with Gasteiger partial charge in [-0.3, -0.25) is 14.5 Å². The number of hydrogen-bond acceptors (Lipinski definition) is 6. The number of methoxy groups -OCH3 is 1. The van der Waals surface area contributed by atoms with Gasteiger partial charge in [0.25, 0.3) is 0 Å². The van der Waals surface area contributed by atoms with Crippen molar-refractivity contribution in [3.8, 4) is 0 Å². The Labute approximate surface area is 103 Å². The highest BCUT2D eigenvalue weighted by molar-refractivity contribution is 8.04. The number of nitrogens with zero attached hydrogens (tertiary/aromatic N) is 1. The summed E-state index contributed by atoms with van der Waals surface area (Å²) in [5, 5.41) is 0.416. The highest BCUT2D eigenvalue weighted by atomic mass is 32.2. The second-order valence-corrected chi connectivity index (χ2v) is 4.07. The Hall–Kier alpha value is -1.50. The van der Waals surface area contributed by atoms with Crippen LogP contribution in [0.3, 0.4) is 0 Å². The molecule has 0 aromatic carbocycles. The van der Waals surface area contributed by atoms with Crippen molar-refractivity contribution < 1.29 is 23.9 Å². The van der Waals surface area contributed by atoms with Crippen molar-refractivity contribution in [3.05, 3.63) is 11.1 Å². The molecule has 0 radical (unpaired) electrons. The zero-order valence-electron chi connectivity index (χ0n) is 9.60. The number of thioether (sulfide) groups is 1. The molecule has 7 heteroatoms. The Balaban J connectivity index is 2.73. The zero-order valence-corrected chi connectivity index (χ0v) is 10.4. The van der Waals surface area contributed by atoms with Crippen LogP contribution in [0.5, 0.6) is 0 Å². The van der Waals surface area contributed by atoms with E-state index in [-0.39, 0.29) is 24.8 Å². The van der Waals surface area contributed by atoms with Gasteiger partial charge in [-0.1, -0.05) is 11.8 Å². The van der Waals surface area contributed by atoms with Crippen LogP contribution in [-0.2, 0) is 23.9 Å². The molecule has 0 unspecified atom stereocenters. The van der Waals surface area contributed by atoms with Gasteiger partial charge in [-0.2, -0.15) is 0 Å². The van der Waals surface area contributed by atoms with E-state index in [1.807, 2.05) is 0 Å². The summed E-state index contributed by atoms with van der Waals surface area (Å²) in [7, 11) is 1.24. The number of amides is 1. The van der Waals surface area contributed by atoms with Crippen LogP contribution in [0.15, 0.2) is 11.1 Å². The van der Waals surface area contributed by atoms with E-state index in [0.29, 0.717) is 5.03 Å². The molecule has 0 N–H and O–H groups in total. The summed E-state index contributed by atoms with van der Waals surface area (Å²) >= 11 is 1.19. The maximum Gasteiger partial charge on any atom is 0.333 e. The van der Waals surface area contributed by atoms with Crippen molar-refractivity contribution in [1.82, 2.24) is 4.90 Å². The van der Waals surface area contributed by atoms with Gasteiger partial charge >= 0.3 is 11.9 Å². The fourth-order valence-corrected chi connectivity index (χ4v) is 2.11. The summed E-state index contributed by atoms with van der Waals surface area (Å²) < 4.78 is 9.21. The molecular formula is C10H13NO5S. The summed E-state index contributed by atoms with van der Waals surface area (Å²) in [5.41, 5.74) is 0. The van der Waals surface area contributed by atoms with Gasteiger partial charge in [0.2, 0.25) is 5.91 Å². The molecule has 1 aliphatic heterocycles. The Morgan fingerprint density at radius 2 is 2.24 bits per heavy atom. The van der Waals surface area contributed by atoms with Crippen molar-refractivity contribution in [1.29, 1.82) is 0 Å². The lowest BCUT2D eigenvalue weighted by Gasteiger charge is -2.14. The molecule has 0 saturated carbocycles. The Bertz CT molecular complexity index is 366. The second-order valence-electron chi connectivity index (χ2n) is 3.08. The number of carbonyl (C=O) groups excluding carboxylic acids is 3. The molecule has 1 rings (SSSR count). The normalized spacial score (nSPS) is 17.4. The minimum absolute atomic E-state index is 0.187. The molecule has 1 heterocycles. The number of ether oxygens (including phenoxy) is 2. The average Bonchev–Trinajstić information content (AvgIpc) is 2.61. The van der Waals surface area contributed by atoms with Crippen LogP contribution in [-0.4, -0.2) is 48.8 Å². The van der Waals surface area contributed by atoms with E-state index in [9.17, 15) is 14.4 Å². The van der Waals surface area contributed by atoms with E-state index in [0.717, 1.165) is 0 Å². The number of hydrogen-bond donors (Lipinski definition) is 0. The zero-order chi connectivity index (χ0) is 12.8. The molecule has 1 aliphatic rings. The third-order valence-electron chi connectivity index (χ3n) is 1.95. The molecule has 0 aromatic heterocycles. The van der Waals surface area contributed by atoms with Gasteiger partial charge < -0.3 is 9.47 Å². The highest BCUT2D eigenvalue weighted by Gasteiger charge is 2.29. The van der Waals surface area contributed by atoms with E-state index < -0.39 is 11.9 Å². The van der Waals surface area contributed by atoms with Gasteiger partial charge in [0, 0.05) is 0 Å². The SMILES string of the molecule is CCOC(=O)/C=C1/SCC(=O)N1CC(=O)OC. The monoisotopic (exact) mass is 259 g/mol. The molecule has 0 atom stereocenters. The van der Waals surface area contributed by atoms with Crippen LogP contribution in [0.1, 0.15) is 6.92 Å². The molecule has 94 valence electrons. The molecule has 17 heavy (non-hydrogen) atoms. The van der Waals surface area contributed by atoms with Crippen molar-refractivity contribution in [3.63, 3.8) is 0 Å². The molecule has 1 saturated heterocycles. The Kier molecular flexibility index (Phi) is 5.02. The standard InChI is InChI=1S/C10H13NO5S/c1-3-16-9(13)4-8-11(5-10(14)15-2)7(12)6-17-8/h4H,3,5-6H2,1-2H3/b8-4+.